The van der Waals surface area contributed by atoms with Crippen molar-refractivity contribution in [2.75, 3.05) is 0 Å². The Balaban J connectivity index is 2.48. The molecule has 0 saturated heterocycles. The Morgan fingerprint density at radius 1 is 1.57 bits per heavy atom. The first-order chi connectivity index (χ1) is 6.77. The zero-order valence-corrected chi connectivity index (χ0v) is 8.95. The van der Waals surface area contributed by atoms with E-state index in [1.165, 1.54) is 11.3 Å². The minimum Gasteiger partial charge on any atom is -0.331 e. The number of nitrogens with one attached hydrogen (secondary N) is 1. The summed E-state index contributed by atoms with van der Waals surface area (Å²) in [5, 5.41) is 1.91. The van der Waals surface area contributed by atoms with Gasteiger partial charge in [-0.05, 0) is 36.5 Å². The molecule has 1 fully saturated rings. The standard InChI is InChI=1S/C9H8N2OS2/c12-8-7-6(3-4-14-7)10-9(13)11(8)5-1-2-5/h3-5H,1-2H2,(H,10,13). The highest BCUT2D eigenvalue weighted by molar-refractivity contribution is 7.71. The largest absolute Gasteiger partial charge is 0.331 e. The van der Waals surface area contributed by atoms with Gasteiger partial charge in [0.05, 0.1) is 5.52 Å². The van der Waals surface area contributed by atoms with Crippen molar-refractivity contribution >= 4 is 33.8 Å². The molecule has 2 aromatic rings. The maximum atomic E-state index is 12.0. The third kappa shape index (κ3) is 1.09. The molecule has 3 nitrogen and oxygen atoms in total. The lowest BCUT2D eigenvalue weighted by Crippen LogP contribution is -2.19. The Kier molecular flexibility index (Phi) is 1.66. The van der Waals surface area contributed by atoms with Crippen LogP contribution in [0.1, 0.15) is 18.9 Å². The number of hydrogen-bond acceptors (Lipinski definition) is 3. The molecule has 1 saturated carbocycles. The quantitative estimate of drug-likeness (QED) is 0.756. The molecule has 0 aromatic carbocycles. The van der Waals surface area contributed by atoms with E-state index in [4.69, 9.17) is 12.2 Å². The normalized spacial score (nSPS) is 16.3. The molecule has 2 aromatic heterocycles. The van der Waals surface area contributed by atoms with Gasteiger partial charge in [0.15, 0.2) is 4.77 Å². The lowest BCUT2D eigenvalue weighted by atomic mass is 10.4. The van der Waals surface area contributed by atoms with Crippen LogP contribution in [-0.4, -0.2) is 9.55 Å². The summed E-state index contributed by atoms with van der Waals surface area (Å²) in [4.78, 5) is 15.1. The van der Waals surface area contributed by atoms with Crippen molar-refractivity contribution in [3.8, 4) is 0 Å². The zero-order valence-electron chi connectivity index (χ0n) is 7.32. The van der Waals surface area contributed by atoms with Crippen LogP contribution in [0.5, 0.6) is 0 Å². The number of nitrogens with zero attached hydrogens (tertiary/aromatic N) is 1. The first-order valence-electron chi connectivity index (χ1n) is 4.49. The van der Waals surface area contributed by atoms with Crippen LogP contribution in [0.25, 0.3) is 10.2 Å². The summed E-state index contributed by atoms with van der Waals surface area (Å²) in [5.41, 5.74) is 0.933. The molecule has 0 aliphatic heterocycles. The van der Waals surface area contributed by atoms with Crippen molar-refractivity contribution in [3.05, 3.63) is 26.6 Å². The second-order valence-corrected chi connectivity index (χ2v) is 4.80. The summed E-state index contributed by atoms with van der Waals surface area (Å²) in [5.74, 6) is 0. The highest BCUT2D eigenvalue weighted by atomic mass is 32.1. The Bertz CT molecular complexity index is 603. The molecule has 14 heavy (non-hydrogen) atoms. The van der Waals surface area contributed by atoms with Crippen molar-refractivity contribution in [1.82, 2.24) is 9.55 Å². The number of aromatic amines is 1. The summed E-state index contributed by atoms with van der Waals surface area (Å²) in [6.45, 7) is 0. The maximum Gasteiger partial charge on any atom is 0.272 e. The summed E-state index contributed by atoms with van der Waals surface area (Å²) < 4.78 is 3.06. The molecule has 1 aliphatic rings. The number of thiophene rings is 1. The van der Waals surface area contributed by atoms with Gasteiger partial charge in [0.25, 0.3) is 5.56 Å². The molecule has 0 bridgehead atoms. The van der Waals surface area contributed by atoms with E-state index >= 15 is 0 Å². The van der Waals surface area contributed by atoms with Gasteiger partial charge in [-0.3, -0.25) is 9.36 Å². The molecular formula is C9H8N2OS2. The molecule has 3 rings (SSSR count). The fourth-order valence-corrected chi connectivity index (χ4v) is 2.74. The van der Waals surface area contributed by atoms with Gasteiger partial charge in [0.2, 0.25) is 0 Å². The number of aromatic nitrogens is 2. The van der Waals surface area contributed by atoms with E-state index in [9.17, 15) is 4.79 Å². The van der Waals surface area contributed by atoms with Crippen LogP contribution < -0.4 is 5.56 Å². The van der Waals surface area contributed by atoms with Crippen LogP contribution in [0.3, 0.4) is 0 Å². The number of fused-ring (bicyclic) bond motifs is 1. The molecule has 2 heterocycles. The lowest BCUT2D eigenvalue weighted by molar-refractivity contribution is 0.687. The Morgan fingerprint density at radius 3 is 3.07 bits per heavy atom. The number of hydrogen-bond donors (Lipinski definition) is 1. The van der Waals surface area contributed by atoms with Gasteiger partial charge in [-0.2, -0.15) is 0 Å². The van der Waals surface area contributed by atoms with Crippen LogP contribution in [-0.2, 0) is 0 Å². The van der Waals surface area contributed by atoms with Crippen LogP contribution in [0.4, 0.5) is 0 Å². The topological polar surface area (TPSA) is 37.8 Å². The number of rotatable bonds is 1. The van der Waals surface area contributed by atoms with Crippen LogP contribution in [0, 0.1) is 4.77 Å². The second kappa shape index (κ2) is 2.77. The molecule has 1 aliphatic carbocycles. The van der Waals surface area contributed by atoms with Crippen molar-refractivity contribution < 1.29 is 0 Å². The second-order valence-electron chi connectivity index (χ2n) is 3.50. The van der Waals surface area contributed by atoms with Gasteiger partial charge < -0.3 is 4.98 Å². The average molecular weight is 224 g/mol. The summed E-state index contributed by atoms with van der Waals surface area (Å²) in [7, 11) is 0. The maximum absolute atomic E-state index is 12.0. The van der Waals surface area contributed by atoms with Crippen LogP contribution in [0.15, 0.2) is 16.2 Å². The van der Waals surface area contributed by atoms with E-state index in [0.29, 0.717) is 10.8 Å². The molecule has 0 unspecified atom stereocenters. The Labute approximate surface area is 89.0 Å². The van der Waals surface area contributed by atoms with Gasteiger partial charge in [-0.15, -0.1) is 11.3 Å². The van der Waals surface area contributed by atoms with Crippen LogP contribution in [0.2, 0.25) is 0 Å². The molecule has 0 amide bonds. The third-order valence-electron chi connectivity index (χ3n) is 2.45. The van der Waals surface area contributed by atoms with Gasteiger partial charge >= 0.3 is 0 Å². The van der Waals surface area contributed by atoms with E-state index in [2.05, 4.69) is 4.98 Å². The minimum absolute atomic E-state index is 0.0706. The average Bonchev–Trinajstić information content (AvgIpc) is 2.84. The summed E-state index contributed by atoms with van der Waals surface area (Å²) in [6.07, 6.45) is 2.16. The zero-order chi connectivity index (χ0) is 9.71. The van der Waals surface area contributed by atoms with Gasteiger partial charge in [0.1, 0.15) is 4.70 Å². The lowest BCUT2D eigenvalue weighted by Gasteiger charge is -2.02. The first kappa shape index (κ1) is 8.38. The predicted octanol–water partition coefficient (Wildman–Crippen LogP) is 2.46. The summed E-state index contributed by atoms with van der Waals surface area (Å²) >= 11 is 6.63. The van der Waals surface area contributed by atoms with Crippen molar-refractivity contribution in [2.45, 2.75) is 18.9 Å². The SMILES string of the molecule is O=c1c2sccc2[nH]c(=S)n1C1CC1. The van der Waals surface area contributed by atoms with Gasteiger partial charge in [-0.1, -0.05) is 0 Å². The summed E-state index contributed by atoms with van der Waals surface area (Å²) in [6, 6.07) is 2.24. The Hall–Kier alpha value is -0.940. The molecule has 0 atom stereocenters. The smallest absolute Gasteiger partial charge is 0.272 e. The van der Waals surface area contributed by atoms with Gasteiger partial charge in [0, 0.05) is 6.04 Å². The molecule has 72 valence electrons. The number of H-pyrrole nitrogens is 1. The third-order valence-corrected chi connectivity index (χ3v) is 3.65. The molecule has 0 radical (unpaired) electrons. The molecule has 1 N–H and O–H groups in total. The van der Waals surface area contributed by atoms with E-state index in [0.717, 1.165) is 23.1 Å². The fourth-order valence-electron chi connectivity index (χ4n) is 1.61. The highest BCUT2D eigenvalue weighted by Crippen LogP contribution is 2.34. The fraction of sp³-hybridized carbons (Fsp3) is 0.333. The predicted molar refractivity (Wildman–Crippen MR) is 59.5 cm³/mol. The van der Waals surface area contributed by atoms with Crippen molar-refractivity contribution in [1.29, 1.82) is 0 Å². The van der Waals surface area contributed by atoms with E-state index in [1.54, 1.807) is 4.57 Å². The van der Waals surface area contributed by atoms with Crippen molar-refractivity contribution in [3.63, 3.8) is 0 Å². The van der Waals surface area contributed by atoms with E-state index in [-0.39, 0.29) is 5.56 Å². The van der Waals surface area contributed by atoms with Gasteiger partial charge in [-0.25, -0.2) is 0 Å². The first-order valence-corrected chi connectivity index (χ1v) is 5.78. The van der Waals surface area contributed by atoms with E-state index < -0.39 is 0 Å². The Morgan fingerprint density at radius 2 is 2.36 bits per heavy atom. The van der Waals surface area contributed by atoms with E-state index in [1.807, 2.05) is 11.4 Å². The minimum atomic E-state index is 0.0706. The monoisotopic (exact) mass is 224 g/mol. The van der Waals surface area contributed by atoms with Crippen LogP contribution >= 0.6 is 23.6 Å². The molecular weight excluding hydrogens is 216 g/mol. The highest BCUT2D eigenvalue weighted by Gasteiger charge is 2.26. The molecule has 5 heteroatoms. The van der Waals surface area contributed by atoms with Crippen molar-refractivity contribution in [2.24, 2.45) is 0 Å². The molecule has 0 spiro atoms.